The number of aliphatic hydroxyl groups excluding tert-OH is 1. The summed E-state index contributed by atoms with van der Waals surface area (Å²) in [5.74, 6) is 0. The van der Waals surface area contributed by atoms with Crippen molar-refractivity contribution < 1.29 is 9.90 Å². The summed E-state index contributed by atoms with van der Waals surface area (Å²) in [7, 11) is 2.11. The average molecular weight is 325 g/mol. The van der Waals surface area contributed by atoms with Crippen LogP contribution in [0.15, 0.2) is 11.4 Å². The molecule has 0 radical (unpaired) electrons. The summed E-state index contributed by atoms with van der Waals surface area (Å²) in [5, 5.41) is 14.0. The zero-order valence-corrected chi connectivity index (χ0v) is 14.4. The van der Waals surface area contributed by atoms with E-state index < -0.39 is 0 Å². The molecule has 2 heterocycles. The van der Waals surface area contributed by atoms with Gasteiger partial charge in [0.05, 0.1) is 6.54 Å². The zero-order valence-electron chi connectivity index (χ0n) is 13.5. The number of carbonyl (C=O) groups is 1. The van der Waals surface area contributed by atoms with E-state index in [1.165, 1.54) is 10.4 Å². The first-order valence-electron chi connectivity index (χ1n) is 7.98. The van der Waals surface area contributed by atoms with Crippen molar-refractivity contribution in [1.82, 2.24) is 15.1 Å². The number of thiophene rings is 1. The highest BCUT2D eigenvalue weighted by atomic mass is 32.1. The molecule has 1 saturated heterocycles. The summed E-state index contributed by atoms with van der Waals surface area (Å²) in [6, 6.07) is 2.65. The smallest absolute Gasteiger partial charge is 0.317 e. The third kappa shape index (κ3) is 4.69. The Kier molecular flexibility index (Phi) is 6.67. The Labute approximate surface area is 136 Å². The second kappa shape index (κ2) is 8.50. The fraction of sp³-hybridized carbons (Fsp3) is 0.688. The molecule has 0 atom stereocenters. The molecule has 22 heavy (non-hydrogen) atoms. The summed E-state index contributed by atoms with van der Waals surface area (Å²) in [6.45, 7) is 5.48. The van der Waals surface area contributed by atoms with E-state index in [1.54, 1.807) is 11.3 Å². The first kappa shape index (κ1) is 17.2. The van der Waals surface area contributed by atoms with Crippen LogP contribution >= 0.6 is 11.3 Å². The highest BCUT2D eigenvalue weighted by Crippen LogP contribution is 2.17. The van der Waals surface area contributed by atoms with Gasteiger partial charge < -0.3 is 20.2 Å². The molecule has 0 aliphatic carbocycles. The van der Waals surface area contributed by atoms with E-state index >= 15 is 0 Å². The largest absolute Gasteiger partial charge is 0.396 e. The van der Waals surface area contributed by atoms with Gasteiger partial charge in [-0.2, -0.15) is 0 Å². The molecular formula is C16H27N3O2S. The van der Waals surface area contributed by atoms with E-state index in [0.717, 1.165) is 38.9 Å². The Hall–Kier alpha value is -1.11. The number of nitrogens with zero attached hydrogens (tertiary/aromatic N) is 2. The SMILES string of the molecule is Cc1ccsc1CNC(=O)N1CCC(N(C)CCCO)CC1. The highest BCUT2D eigenvalue weighted by molar-refractivity contribution is 7.10. The lowest BCUT2D eigenvalue weighted by Crippen LogP contribution is -2.48. The molecule has 5 nitrogen and oxygen atoms in total. The van der Waals surface area contributed by atoms with Crippen molar-refractivity contribution in [1.29, 1.82) is 0 Å². The summed E-state index contributed by atoms with van der Waals surface area (Å²) < 4.78 is 0. The third-order valence-electron chi connectivity index (χ3n) is 4.41. The first-order chi connectivity index (χ1) is 10.6. The molecule has 1 aliphatic rings. The molecule has 1 fully saturated rings. The number of likely N-dealkylation sites (tertiary alicyclic amines) is 1. The monoisotopic (exact) mass is 325 g/mol. The lowest BCUT2D eigenvalue weighted by atomic mass is 10.0. The van der Waals surface area contributed by atoms with Crippen LogP contribution in [0.1, 0.15) is 29.7 Å². The number of hydrogen-bond acceptors (Lipinski definition) is 4. The Morgan fingerprint density at radius 2 is 2.23 bits per heavy atom. The Morgan fingerprint density at radius 3 is 2.82 bits per heavy atom. The number of aliphatic hydroxyl groups is 1. The van der Waals surface area contributed by atoms with Crippen LogP contribution in [0.25, 0.3) is 0 Å². The molecule has 1 aromatic rings. The van der Waals surface area contributed by atoms with Gasteiger partial charge in [-0.1, -0.05) is 0 Å². The van der Waals surface area contributed by atoms with Crippen LogP contribution in [0.3, 0.4) is 0 Å². The number of piperidine rings is 1. The number of carbonyl (C=O) groups excluding carboxylic acids is 1. The maximum atomic E-state index is 12.2. The maximum Gasteiger partial charge on any atom is 0.317 e. The molecule has 2 rings (SSSR count). The average Bonchev–Trinajstić information content (AvgIpc) is 2.95. The van der Waals surface area contributed by atoms with Crippen molar-refractivity contribution in [2.45, 2.75) is 38.8 Å². The quantitative estimate of drug-likeness (QED) is 0.841. The normalized spacial score (nSPS) is 16.3. The highest BCUT2D eigenvalue weighted by Gasteiger charge is 2.24. The van der Waals surface area contributed by atoms with E-state index in [2.05, 4.69) is 35.6 Å². The Morgan fingerprint density at radius 1 is 1.50 bits per heavy atom. The van der Waals surface area contributed by atoms with Gasteiger partial charge in [0, 0.05) is 37.2 Å². The lowest BCUT2D eigenvalue weighted by molar-refractivity contribution is 0.128. The van der Waals surface area contributed by atoms with E-state index in [4.69, 9.17) is 5.11 Å². The molecule has 0 spiro atoms. The molecule has 0 unspecified atom stereocenters. The summed E-state index contributed by atoms with van der Waals surface area (Å²) in [5.41, 5.74) is 1.24. The Balaban J connectivity index is 1.72. The van der Waals surface area contributed by atoms with Crippen molar-refractivity contribution in [3.63, 3.8) is 0 Å². The van der Waals surface area contributed by atoms with Gasteiger partial charge in [-0.05, 0) is 50.2 Å². The van der Waals surface area contributed by atoms with Crippen molar-refractivity contribution >= 4 is 17.4 Å². The molecule has 1 aliphatic heterocycles. The fourth-order valence-electron chi connectivity index (χ4n) is 2.87. The van der Waals surface area contributed by atoms with Crippen molar-refractivity contribution in [2.75, 3.05) is 33.3 Å². The molecule has 0 saturated carbocycles. The van der Waals surface area contributed by atoms with E-state index in [9.17, 15) is 4.79 Å². The Bertz CT molecular complexity index is 470. The first-order valence-corrected chi connectivity index (χ1v) is 8.86. The van der Waals surface area contributed by atoms with E-state index in [-0.39, 0.29) is 12.6 Å². The number of aryl methyl sites for hydroxylation is 1. The van der Waals surface area contributed by atoms with Gasteiger partial charge in [0.15, 0.2) is 0 Å². The third-order valence-corrected chi connectivity index (χ3v) is 5.44. The van der Waals surface area contributed by atoms with E-state index in [0.29, 0.717) is 12.6 Å². The molecule has 0 bridgehead atoms. The minimum atomic E-state index is 0.0456. The molecule has 6 heteroatoms. The van der Waals surface area contributed by atoms with Crippen LogP contribution in [-0.2, 0) is 6.54 Å². The number of rotatable bonds is 6. The van der Waals surface area contributed by atoms with Gasteiger partial charge in [-0.25, -0.2) is 4.79 Å². The standard InChI is InChI=1S/C16H27N3O2S/c1-13-6-11-22-15(13)12-17-16(21)19-8-4-14(5-9-19)18(2)7-3-10-20/h6,11,14,20H,3-5,7-10,12H2,1-2H3,(H,17,21). The predicted octanol–water partition coefficient (Wildman–Crippen LogP) is 2.04. The minimum absolute atomic E-state index is 0.0456. The second-order valence-electron chi connectivity index (χ2n) is 5.96. The van der Waals surface area contributed by atoms with Gasteiger partial charge in [-0.3, -0.25) is 0 Å². The number of urea groups is 1. The number of hydrogen-bond donors (Lipinski definition) is 2. The molecular weight excluding hydrogens is 298 g/mol. The van der Waals surface area contributed by atoms with Crippen molar-refractivity contribution in [3.8, 4) is 0 Å². The van der Waals surface area contributed by atoms with Crippen LogP contribution in [0.2, 0.25) is 0 Å². The maximum absolute atomic E-state index is 12.2. The summed E-state index contributed by atoms with van der Waals surface area (Å²) in [4.78, 5) is 17.7. The van der Waals surface area contributed by atoms with Gasteiger partial charge >= 0.3 is 6.03 Å². The molecule has 2 N–H and O–H groups in total. The molecule has 124 valence electrons. The van der Waals surface area contributed by atoms with Gasteiger partial charge in [-0.15, -0.1) is 11.3 Å². The van der Waals surface area contributed by atoms with Gasteiger partial charge in [0.2, 0.25) is 0 Å². The summed E-state index contributed by atoms with van der Waals surface area (Å²) >= 11 is 1.69. The minimum Gasteiger partial charge on any atom is -0.396 e. The number of nitrogens with one attached hydrogen (secondary N) is 1. The molecule has 2 amide bonds. The lowest BCUT2D eigenvalue weighted by Gasteiger charge is -2.36. The van der Waals surface area contributed by atoms with Crippen LogP contribution in [0, 0.1) is 6.92 Å². The van der Waals surface area contributed by atoms with E-state index in [1.807, 2.05) is 4.90 Å². The van der Waals surface area contributed by atoms with Crippen molar-refractivity contribution in [2.24, 2.45) is 0 Å². The van der Waals surface area contributed by atoms with Crippen LogP contribution in [0.5, 0.6) is 0 Å². The molecule has 1 aromatic heterocycles. The molecule has 0 aromatic carbocycles. The number of amides is 2. The predicted molar refractivity (Wildman–Crippen MR) is 90.2 cm³/mol. The van der Waals surface area contributed by atoms with Crippen LogP contribution in [-0.4, -0.2) is 60.3 Å². The van der Waals surface area contributed by atoms with Crippen LogP contribution < -0.4 is 5.32 Å². The second-order valence-corrected chi connectivity index (χ2v) is 6.96. The van der Waals surface area contributed by atoms with Crippen LogP contribution in [0.4, 0.5) is 4.79 Å². The summed E-state index contributed by atoms with van der Waals surface area (Å²) in [6.07, 6.45) is 2.83. The zero-order chi connectivity index (χ0) is 15.9. The topological polar surface area (TPSA) is 55.8 Å². The van der Waals surface area contributed by atoms with Crippen molar-refractivity contribution in [3.05, 3.63) is 21.9 Å². The fourth-order valence-corrected chi connectivity index (χ4v) is 3.71. The van der Waals surface area contributed by atoms with Gasteiger partial charge in [0.1, 0.15) is 0 Å². The van der Waals surface area contributed by atoms with Gasteiger partial charge in [0.25, 0.3) is 0 Å².